The van der Waals surface area contributed by atoms with Crippen LogP contribution < -0.4 is 15.2 Å². The summed E-state index contributed by atoms with van der Waals surface area (Å²) in [6.45, 7) is 15.2. The van der Waals surface area contributed by atoms with Crippen molar-refractivity contribution in [2.75, 3.05) is 0 Å². The predicted octanol–water partition coefficient (Wildman–Crippen LogP) is 6.44. The van der Waals surface area contributed by atoms with E-state index in [1.165, 1.54) is 10.4 Å². The molecule has 222 valence electrons. The first-order chi connectivity index (χ1) is 20.0. The third-order valence-electron chi connectivity index (χ3n) is 9.45. The summed E-state index contributed by atoms with van der Waals surface area (Å²) in [6.07, 6.45) is 4.67. The molecular weight excluding hydrogens is 557 g/mol. The number of aryl methyl sites for hydroxylation is 1. The Labute approximate surface area is 253 Å². The number of benzene rings is 3. The topological polar surface area (TPSA) is 67.8 Å². The van der Waals surface area contributed by atoms with Gasteiger partial charge in [0.2, 0.25) is 0 Å². The van der Waals surface area contributed by atoms with E-state index in [4.69, 9.17) is 4.43 Å². The fourth-order valence-corrected chi connectivity index (χ4v) is 13.1. The molecule has 3 aromatic rings. The van der Waals surface area contributed by atoms with Crippen LogP contribution in [0.25, 0.3) is 0 Å². The summed E-state index contributed by atoms with van der Waals surface area (Å²) in [4.78, 5) is 2.76. The van der Waals surface area contributed by atoms with Gasteiger partial charge in [-0.1, -0.05) is 112 Å². The third kappa shape index (κ3) is 5.66. The van der Waals surface area contributed by atoms with Crippen molar-refractivity contribution in [1.82, 2.24) is 4.83 Å². The minimum absolute atomic E-state index is 0.0811. The Morgan fingerprint density at radius 3 is 2.07 bits per heavy atom. The van der Waals surface area contributed by atoms with Gasteiger partial charge >= 0.3 is 0 Å². The van der Waals surface area contributed by atoms with Crippen LogP contribution in [0.3, 0.4) is 0 Å². The Kier molecular flexibility index (Phi) is 8.66. The van der Waals surface area contributed by atoms with Crippen LogP contribution in [-0.4, -0.2) is 28.6 Å². The first-order valence-electron chi connectivity index (χ1n) is 15.0. The van der Waals surface area contributed by atoms with Crippen LogP contribution in [0.4, 0.5) is 0 Å². The highest BCUT2D eigenvalue weighted by Gasteiger charge is 2.57. The molecule has 42 heavy (non-hydrogen) atoms. The number of hydrogen-bond acceptors (Lipinski definition) is 4. The van der Waals surface area contributed by atoms with Crippen molar-refractivity contribution in [2.45, 2.75) is 69.9 Å². The van der Waals surface area contributed by atoms with E-state index in [1.807, 2.05) is 13.0 Å². The maximum absolute atomic E-state index is 12.9. The second-order valence-electron chi connectivity index (χ2n) is 13.1. The molecule has 7 heteroatoms. The average Bonchev–Trinajstić information content (AvgIpc) is 3.46. The standard InChI is InChI=1S/C35H44N2O3SSi/c1-7-14-31-33(40-42(35(4,5)6,29-15-10-8-11-16-29)30-17-12-9-13-18-30)24-27-23-32(26(3)34(27)31)36-37-41(38,39)28-21-19-25(2)20-22-28/h7-13,15-22,26-27,31,33-34,37H,1,14,23-24H2,2-6H3/b36-32-/t26-,27+,31+,33-,34+/m1/s1. The molecule has 0 bridgehead atoms. The zero-order chi connectivity index (χ0) is 30.1. The number of rotatable bonds is 9. The molecule has 0 unspecified atom stereocenters. The van der Waals surface area contributed by atoms with E-state index in [0.717, 1.165) is 30.5 Å². The lowest BCUT2D eigenvalue weighted by Crippen LogP contribution is -2.68. The molecule has 0 aromatic heterocycles. The van der Waals surface area contributed by atoms with Gasteiger partial charge < -0.3 is 4.43 Å². The Bertz CT molecular complexity index is 1480. The van der Waals surface area contributed by atoms with Gasteiger partial charge in [-0.2, -0.15) is 13.5 Å². The van der Waals surface area contributed by atoms with Crippen LogP contribution in [0.15, 0.2) is 108 Å². The molecule has 2 aliphatic carbocycles. The summed E-state index contributed by atoms with van der Waals surface area (Å²) < 4.78 is 33.5. The first kappa shape index (κ1) is 30.5. The lowest BCUT2D eigenvalue weighted by Gasteiger charge is -2.46. The molecule has 0 aliphatic heterocycles. The third-order valence-corrected chi connectivity index (χ3v) is 15.7. The molecule has 2 aliphatic rings. The van der Waals surface area contributed by atoms with Gasteiger partial charge in [0.25, 0.3) is 18.3 Å². The molecular formula is C35H44N2O3SSi. The second-order valence-corrected chi connectivity index (χ2v) is 19.0. The Balaban J connectivity index is 1.45. The van der Waals surface area contributed by atoms with Crippen LogP contribution in [0.5, 0.6) is 0 Å². The summed E-state index contributed by atoms with van der Waals surface area (Å²) in [5.74, 6) is 1.17. The van der Waals surface area contributed by atoms with Crippen LogP contribution in [0.2, 0.25) is 5.04 Å². The Morgan fingerprint density at radius 1 is 0.976 bits per heavy atom. The van der Waals surface area contributed by atoms with Gasteiger partial charge in [0.05, 0.1) is 4.90 Å². The van der Waals surface area contributed by atoms with Crippen LogP contribution in [0, 0.1) is 30.6 Å². The van der Waals surface area contributed by atoms with Gasteiger partial charge in [-0.05, 0) is 77.4 Å². The molecule has 0 saturated heterocycles. The van der Waals surface area contributed by atoms with E-state index in [0.29, 0.717) is 11.8 Å². The van der Waals surface area contributed by atoms with Crippen molar-refractivity contribution >= 4 is 34.4 Å². The number of allylic oxidation sites excluding steroid dienone is 1. The normalized spacial score (nSPS) is 25.4. The molecule has 0 radical (unpaired) electrons. The molecule has 2 saturated carbocycles. The van der Waals surface area contributed by atoms with E-state index < -0.39 is 18.3 Å². The highest BCUT2D eigenvalue weighted by molar-refractivity contribution is 7.89. The number of hydrazone groups is 1. The van der Waals surface area contributed by atoms with Crippen molar-refractivity contribution < 1.29 is 12.8 Å². The minimum Gasteiger partial charge on any atom is -0.404 e. The first-order valence-corrected chi connectivity index (χ1v) is 18.4. The van der Waals surface area contributed by atoms with E-state index in [9.17, 15) is 8.42 Å². The molecule has 1 N–H and O–H groups in total. The second kappa shape index (κ2) is 11.9. The van der Waals surface area contributed by atoms with Crippen molar-refractivity contribution in [3.05, 3.63) is 103 Å². The van der Waals surface area contributed by atoms with Gasteiger partial charge in [0.1, 0.15) is 0 Å². The average molecular weight is 601 g/mol. The quantitative estimate of drug-likeness (QED) is 0.175. The molecule has 5 nitrogen and oxygen atoms in total. The van der Waals surface area contributed by atoms with Crippen molar-refractivity contribution in [3.8, 4) is 0 Å². The number of sulfonamides is 1. The Hall–Kier alpha value is -3.00. The molecule has 5 atom stereocenters. The van der Waals surface area contributed by atoms with Crippen molar-refractivity contribution in [1.29, 1.82) is 0 Å². The van der Waals surface area contributed by atoms with E-state index in [-0.39, 0.29) is 27.9 Å². The molecule has 0 heterocycles. The molecule has 5 rings (SSSR count). The van der Waals surface area contributed by atoms with Gasteiger partial charge in [-0.25, -0.2) is 4.83 Å². The SMILES string of the molecule is C=CC[C@@H]1[C@@H]2[C@@H](C/C(=N/NS(=O)(=O)c3ccc(C)cc3)[C@H]2C)C[C@H]1O[Si](c1ccccc1)(c1ccccc1)C(C)(C)C. The summed E-state index contributed by atoms with van der Waals surface area (Å²) in [7, 11) is -6.43. The van der Waals surface area contributed by atoms with Crippen molar-refractivity contribution in [3.63, 3.8) is 0 Å². The predicted molar refractivity (Wildman–Crippen MR) is 175 cm³/mol. The minimum atomic E-state index is -3.72. The highest BCUT2D eigenvalue weighted by Crippen LogP contribution is 2.53. The number of nitrogens with one attached hydrogen (secondary N) is 1. The zero-order valence-electron chi connectivity index (χ0n) is 25.5. The fraction of sp³-hybridized carbons (Fsp3) is 0.400. The maximum Gasteiger partial charge on any atom is 0.276 e. The molecule has 2 fully saturated rings. The smallest absolute Gasteiger partial charge is 0.276 e. The van der Waals surface area contributed by atoms with Crippen LogP contribution in [-0.2, 0) is 14.4 Å². The van der Waals surface area contributed by atoms with Crippen molar-refractivity contribution in [2.24, 2.45) is 28.8 Å². The summed E-state index contributed by atoms with van der Waals surface area (Å²) in [6, 6.07) is 28.5. The molecule has 0 amide bonds. The van der Waals surface area contributed by atoms with E-state index in [2.05, 4.69) is 105 Å². The lowest BCUT2D eigenvalue weighted by atomic mass is 9.83. The largest absolute Gasteiger partial charge is 0.404 e. The number of fused-ring (bicyclic) bond motifs is 1. The Morgan fingerprint density at radius 2 is 1.55 bits per heavy atom. The summed E-state index contributed by atoms with van der Waals surface area (Å²) in [5, 5.41) is 6.99. The monoisotopic (exact) mass is 600 g/mol. The lowest BCUT2D eigenvalue weighted by molar-refractivity contribution is 0.126. The van der Waals surface area contributed by atoms with E-state index in [1.54, 1.807) is 24.3 Å². The van der Waals surface area contributed by atoms with Gasteiger partial charge in [-0.15, -0.1) is 6.58 Å². The summed E-state index contributed by atoms with van der Waals surface area (Å²) >= 11 is 0. The summed E-state index contributed by atoms with van der Waals surface area (Å²) in [5.41, 5.74) is 1.94. The fourth-order valence-electron chi connectivity index (χ4n) is 7.49. The maximum atomic E-state index is 12.9. The van der Waals surface area contributed by atoms with Crippen LogP contribution in [0.1, 0.15) is 52.5 Å². The van der Waals surface area contributed by atoms with E-state index >= 15 is 0 Å². The van der Waals surface area contributed by atoms with Crippen LogP contribution >= 0.6 is 0 Å². The molecule has 0 spiro atoms. The molecule has 3 aromatic carbocycles. The van der Waals surface area contributed by atoms with Gasteiger partial charge in [0.15, 0.2) is 0 Å². The number of nitrogens with zero attached hydrogens (tertiary/aromatic N) is 1. The van der Waals surface area contributed by atoms with Gasteiger partial charge in [-0.3, -0.25) is 0 Å². The zero-order valence-corrected chi connectivity index (χ0v) is 27.3. The highest BCUT2D eigenvalue weighted by atomic mass is 32.2. The van der Waals surface area contributed by atoms with Gasteiger partial charge in [0, 0.05) is 11.8 Å². The number of hydrogen-bond donors (Lipinski definition) is 1.